The second-order valence-corrected chi connectivity index (χ2v) is 6.40. The van der Waals surface area contributed by atoms with Gasteiger partial charge in [0, 0.05) is 18.0 Å². The van der Waals surface area contributed by atoms with Crippen LogP contribution < -0.4 is 0 Å². The zero-order valence-corrected chi connectivity index (χ0v) is 11.9. The molecule has 0 radical (unpaired) electrons. The summed E-state index contributed by atoms with van der Waals surface area (Å²) in [5.74, 6) is 0.0176. The lowest BCUT2D eigenvalue weighted by atomic mass is 10.1. The molecule has 0 spiro atoms. The first-order chi connectivity index (χ1) is 9.81. The molecule has 0 N–H and O–H groups in total. The lowest BCUT2D eigenvalue weighted by Crippen LogP contribution is -2.36. The number of carbonyl (C=O) groups is 1. The highest BCUT2D eigenvalue weighted by atomic mass is 32.1. The molecule has 0 saturated heterocycles. The largest absolute Gasteiger partial charge is 0.333 e. The summed E-state index contributed by atoms with van der Waals surface area (Å²) in [6, 6.07) is 4.06. The van der Waals surface area contributed by atoms with Gasteiger partial charge in [0.25, 0.3) is 5.91 Å². The van der Waals surface area contributed by atoms with Crippen molar-refractivity contribution in [2.75, 3.05) is 6.54 Å². The van der Waals surface area contributed by atoms with Crippen LogP contribution in [0.2, 0.25) is 0 Å². The van der Waals surface area contributed by atoms with Crippen LogP contribution in [-0.4, -0.2) is 27.5 Å². The Bertz CT molecular complexity index is 680. The Hall–Kier alpha value is -1.75. The van der Waals surface area contributed by atoms with Gasteiger partial charge in [-0.3, -0.25) is 4.79 Å². The third-order valence-electron chi connectivity index (χ3n) is 4.13. The fraction of sp³-hybridized carbons (Fsp3) is 0.400. The van der Waals surface area contributed by atoms with Crippen LogP contribution >= 0.6 is 11.3 Å². The molecule has 4 nitrogen and oxygen atoms in total. The van der Waals surface area contributed by atoms with Crippen LogP contribution in [0.15, 0.2) is 17.5 Å². The van der Waals surface area contributed by atoms with Crippen LogP contribution in [0.25, 0.3) is 0 Å². The molecule has 2 aliphatic rings. The van der Waals surface area contributed by atoms with Crippen LogP contribution in [0, 0.1) is 0 Å². The number of aromatic nitrogens is 2. The summed E-state index contributed by atoms with van der Waals surface area (Å²) >= 11 is 1.79. The molecule has 2 aromatic rings. The second-order valence-electron chi connectivity index (χ2n) is 5.40. The zero-order chi connectivity index (χ0) is 13.5. The van der Waals surface area contributed by atoms with Crippen LogP contribution in [0.1, 0.15) is 38.6 Å². The Labute approximate surface area is 121 Å². The summed E-state index contributed by atoms with van der Waals surface area (Å²) < 4.78 is 0. The molecule has 2 aromatic heterocycles. The number of hydrogen-bond donors (Lipinski definition) is 0. The van der Waals surface area contributed by atoms with Crippen LogP contribution in [0.5, 0.6) is 0 Å². The minimum absolute atomic E-state index is 0.0176. The van der Waals surface area contributed by atoms with Crippen LogP contribution in [-0.2, 0) is 25.8 Å². The molecule has 0 saturated carbocycles. The van der Waals surface area contributed by atoms with E-state index in [9.17, 15) is 4.79 Å². The minimum Gasteiger partial charge on any atom is -0.333 e. The summed E-state index contributed by atoms with van der Waals surface area (Å²) in [6.45, 7) is 1.49. The Morgan fingerprint density at radius 2 is 2.15 bits per heavy atom. The highest BCUT2D eigenvalue weighted by molar-refractivity contribution is 7.10. The number of hydrogen-bond acceptors (Lipinski definition) is 4. The van der Waals surface area contributed by atoms with Gasteiger partial charge in [0.05, 0.1) is 5.69 Å². The highest BCUT2D eigenvalue weighted by Gasteiger charge is 2.25. The molecular formula is C15H15N3OS. The van der Waals surface area contributed by atoms with Gasteiger partial charge in [-0.15, -0.1) is 16.4 Å². The summed E-state index contributed by atoms with van der Waals surface area (Å²) in [4.78, 5) is 15.9. The van der Waals surface area contributed by atoms with E-state index in [2.05, 4.69) is 21.6 Å². The summed E-state index contributed by atoms with van der Waals surface area (Å²) in [5, 5.41) is 10.4. The maximum Gasteiger partial charge on any atom is 0.274 e. The standard InChI is InChI=1S/C15H15N3OS/c19-15(13-8-10-2-1-3-12(10)16-17-13)18-6-4-14-11(9-18)5-7-20-14/h5,7-8H,1-4,6,9H2. The van der Waals surface area contributed by atoms with E-state index in [0.717, 1.165) is 37.9 Å². The molecule has 5 heteroatoms. The number of thiophene rings is 1. The molecule has 1 aliphatic heterocycles. The van der Waals surface area contributed by atoms with Crippen molar-refractivity contribution in [1.29, 1.82) is 0 Å². The average molecular weight is 285 g/mol. The third-order valence-corrected chi connectivity index (χ3v) is 5.16. The first kappa shape index (κ1) is 12.0. The highest BCUT2D eigenvalue weighted by Crippen LogP contribution is 2.25. The van der Waals surface area contributed by atoms with Gasteiger partial charge in [0.15, 0.2) is 5.69 Å². The summed E-state index contributed by atoms with van der Waals surface area (Å²) in [7, 11) is 0. The lowest BCUT2D eigenvalue weighted by molar-refractivity contribution is 0.0728. The normalized spacial score (nSPS) is 16.9. The molecule has 0 fully saturated rings. The molecule has 1 amide bonds. The fourth-order valence-corrected chi connectivity index (χ4v) is 3.91. The van der Waals surface area contributed by atoms with Gasteiger partial charge in [-0.1, -0.05) is 0 Å². The molecule has 4 rings (SSSR count). The molecular weight excluding hydrogens is 270 g/mol. The van der Waals surface area contributed by atoms with Gasteiger partial charge in [-0.05, 0) is 54.3 Å². The van der Waals surface area contributed by atoms with Crippen molar-refractivity contribution in [3.63, 3.8) is 0 Å². The van der Waals surface area contributed by atoms with Crippen molar-refractivity contribution in [2.24, 2.45) is 0 Å². The number of rotatable bonds is 1. The number of nitrogens with zero attached hydrogens (tertiary/aromatic N) is 3. The molecule has 0 bridgehead atoms. The molecule has 3 heterocycles. The maximum absolute atomic E-state index is 12.6. The summed E-state index contributed by atoms with van der Waals surface area (Å²) in [6.07, 6.45) is 4.11. The van der Waals surface area contributed by atoms with Crippen LogP contribution in [0.3, 0.4) is 0 Å². The Balaban J connectivity index is 1.59. The predicted octanol–water partition coefficient (Wildman–Crippen LogP) is 2.23. The monoisotopic (exact) mass is 285 g/mol. The quantitative estimate of drug-likeness (QED) is 0.807. The molecule has 1 aliphatic carbocycles. The van der Waals surface area contributed by atoms with E-state index < -0.39 is 0 Å². The average Bonchev–Trinajstić information content (AvgIpc) is 3.13. The molecule has 102 valence electrons. The number of aryl methyl sites for hydroxylation is 2. The van der Waals surface area contributed by atoms with Gasteiger partial charge in [-0.2, -0.15) is 5.10 Å². The first-order valence-corrected chi connectivity index (χ1v) is 7.89. The maximum atomic E-state index is 12.6. The molecule has 20 heavy (non-hydrogen) atoms. The minimum atomic E-state index is 0.0176. The predicted molar refractivity (Wildman–Crippen MR) is 76.8 cm³/mol. The molecule has 0 atom stereocenters. The van der Waals surface area contributed by atoms with E-state index in [1.165, 1.54) is 16.0 Å². The smallest absolute Gasteiger partial charge is 0.274 e. The van der Waals surface area contributed by atoms with Crippen molar-refractivity contribution >= 4 is 17.2 Å². The molecule has 0 unspecified atom stereocenters. The molecule has 0 aromatic carbocycles. The first-order valence-electron chi connectivity index (χ1n) is 7.01. The number of fused-ring (bicyclic) bond motifs is 2. The van der Waals surface area contributed by atoms with Crippen molar-refractivity contribution in [3.05, 3.63) is 44.9 Å². The van der Waals surface area contributed by atoms with E-state index in [4.69, 9.17) is 0 Å². The number of carbonyl (C=O) groups excluding carboxylic acids is 1. The van der Waals surface area contributed by atoms with Crippen molar-refractivity contribution in [1.82, 2.24) is 15.1 Å². The van der Waals surface area contributed by atoms with Gasteiger partial charge in [-0.25, -0.2) is 0 Å². The topological polar surface area (TPSA) is 46.1 Å². The third kappa shape index (κ3) is 1.93. The Kier molecular flexibility index (Phi) is 2.80. The van der Waals surface area contributed by atoms with Gasteiger partial charge in [0.1, 0.15) is 0 Å². The Morgan fingerprint density at radius 1 is 1.20 bits per heavy atom. The van der Waals surface area contributed by atoms with E-state index in [0.29, 0.717) is 12.2 Å². The summed E-state index contributed by atoms with van der Waals surface area (Å²) in [5.41, 5.74) is 4.06. The van der Waals surface area contributed by atoms with E-state index in [-0.39, 0.29) is 5.91 Å². The van der Waals surface area contributed by atoms with Gasteiger partial charge < -0.3 is 4.90 Å². The Morgan fingerprint density at radius 3 is 3.10 bits per heavy atom. The van der Waals surface area contributed by atoms with Crippen molar-refractivity contribution in [2.45, 2.75) is 32.2 Å². The van der Waals surface area contributed by atoms with E-state index in [1.54, 1.807) is 11.3 Å². The fourth-order valence-electron chi connectivity index (χ4n) is 3.02. The van der Waals surface area contributed by atoms with E-state index >= 15 is 0 Å². The number of amides is 1. The lowest BCUT2D eigenvalue weighted by Gasteiger charge is -2.26. The SMILES string of the molecule is O=C(c1cc2c(nn1)CCC2)N1CCc2sccc2C1. The van der Waals surface area contributed by atoms with Crippen molar-refractivity contribution < 1.29 is 4.79 Å². The van der Waals surface area contributed by atoms with Crippen LogP contribution in [0.4, 0.5) is 0 Å². The van der Waals surface area contributed by atoms with Gasteiger partial charge in [0.2, 0.25) is 0 Å². The van der Waals surface area contributed by atoms with Gasteiger partial charge >= 0.3 is 0 Å². The zero-order valence-electron chi connectivity index (χ0n) is 11.1. The van der Waals surface area contributed by atoms with E-state index in [1.807, 2.05) is 11.0 Å². The second kappa shape index (κ2) is 4.66. The van der Waals surface area contributed by atoms with Crippen molar-refractivity contribution in [3.8, 4) is 0 Å².